The van der Waals surface area contributed by atoms with Crippen LogP contribution in [0.4, 0.5) is 5.82 Å². The molecule has 1 aromatic heterocycles. The first kappa shape index (κ1) is 29.7. The predicted molar refractivity (Wildman–Crippen MR) is 176 cm³/mol. The number of carbonyl (C=O) groups is 1. The molecule has 7 nitrogen and oxygen atoms in total. The second kappa shape index (κ2) is 12.6. The Balaban J connectivity index is 1.33. The van der Waals surface area contributed by atoms with Crippen molar-refractivity contribution >= 4 is 64.8 Å². The van der Waals surface area contributed by atoms with E-state index < -0.39 is 20.2 Å². The molecule has 0 bridgehead atoms. The molecule has 0 aliphatic carbocycles. The maximum atomic E-state index is 13.0. The van der Waals surface area contributed by atoms with Gasteiger partial charge in [0.2, 0.25) is 0 Å². The lowest BCUT2D eigenvalue weighted by atomic mass is 10.2. The summed E-state index contributed by atoms with van der Waals surface area (Å²) in [5, 5.41) is 5.02. The number of anilines is 1. The summed E-state index contributed by atoms with van der Waals surface area (Å²) in [6.07, 6.45) is 1.20. The summed E-state index contributed by atoms with van der Waals surface area (Å²) >= 11 is 3.71. The first-order valence-electron chi connectivity index (χ1n) is 13.4. The lowest BCUT2D eigenvalue weighted by molar-refractivity contribution is -0.00360. The maximum Gasteiger partial charge on any atom is 0.351 e. The van der Waals surface area contributed by atoms with Gasteiger partial charge in [-0.2, -0.15) is 4.98 Å². The van der Waals surface area contributed by atoms with Gasteiger partial charge in [0.25, 0.3) is 14.2 Å². The highest BCUT2D eigenvalue weighted by atomic mass is 127. The van der Waals surface area contributed by atoms with Crippen LogP contribution in [0.5, 0.6) is 0 Å². The number of halogens is 1. The van der Waals surface area contributed by atoms with Crippen LogP contribution in [-0.4, -0.2) is 41.6 Å². The number of benzene rings is 3. The molecular formula is C31H32IN3O4SSi. The van der Waals surface area contributed by atoms with Gasteiger partial charge in [-0.15, -0.1) is 11.8 Å². The van der Waals surface area contributed by atoms with Crippen LogP contribution < -0.4 is 21.4 Å². The molecule has 2 atom stereocenters. The first-order valence-corrected chi connectivity index (χ1v) is 17.4. The molecule has 0 spiro atoms. The number of rotatable bonds is 8. The highest BCUT2D eigenvalue weighted by Gasteiger charge is 2.50. The largest absolute Gasteiger partial charge is 0.404 e. The highest BCUT2D eigenvalue weighted by Crippen LogP contribution is 2.39. The van der Waals surface area contributed by atoms with Crippen LogP contribution in [0.15, 0.2) is 102 Å². The molecule has 1 aliphatic rings. The summed E-state index contributed by atoms with van der Waals surface area (Å²) in [5.74, 6) is 0.501. The topological polar surface area (TPSA) is 82.4 Å². The summed E-state index contributed by atoms with van der Waals surface area (Å²) in [6, 6.07) is 29.8. The molecule has 1 fully saturated rings. The van der Waals surface area contributed by atoms with E-state index in [-0.39, 0.29) is 22.2 Å². The Kier molecular flexibility index (Phi) is 9.14. The van der Waals surface area contributed by atoms with Crippen molar-refractivity contribution in [2.75, 3.05) is 17.7 Å². The number of amides is 1. The number of nitrogens with zero attached hydrogens (tertiary/aromatic N) is 2. The summed E-state index contributed by atoms with van der Waals surface area (Å²) in [5.41, 5.74) is -0.231. The summed E-state index contributed by atoms with van der Waals surface area (Å²) in [4.78, 5) is 29.8. The molecule has 2 heterocycles. The fraction of sp³-hybridized carbons (Fsp3) is 0.258. The summed E-state index contributed by atoms with van der Waals surface area (Å²) in [7, 11) is -2.70. The molecule has 4 aromatic rings. The molecule has 1 aliphatic heterocycles. The number of nitrogens with one attached hydrogen (secondary N) is 1. The van der Waals surface area contributed by atoms with Crippen molar-refractivity contribution in [1.29, 1.82) is 0 Å². The van der Waals surface area contributed by atoms with Crippen molar-refractivity contribution in [2.24, 2.45) is 0 Å². The summed E-state index contributed by atoms with van der Waals surface area (Å²) in [6.45, 7) is 7.13. The van der Waals surface area contributed by atoms with Gasteiger partial charge >= 0.3 is 5.69 Å². The normalized spacial score (nSPS) is 17.4. The Morgan fingerprint density at radius 3 is 2.15 bits per heavy atom. The average molecular weight is 698 g/mol. The van der Waals surface area contributed by atoms with E-state index in [0.29, 0.717) is 21.5 Å². The van der Waals surface area contributed by atoms with Crippen LogP contribution in [0, 0.1) is 3.57 Å². The Morgan fingerprint density at radius 1 is 1.02 bits per heavy atom. The van der Waals surface area contributed by atoms with Gasteiger partial charge in [-0.3, -0.25) is 9.36 Å². The Hall–Kier alpha value is -2.77. The monoisotopic (exact) mass is 697 g/mol. The number of hydrogen-bond acceptors (Lipinski definition) is 6. The fourth-order valence-electron chi connectivity index (χ4n) is 5.14. The van der Waals surface area contributed by atoms with Gasteiger partial charge in [0.1, 0.15) is 11.7 Å². The molecule has 1 amide bonds. The zero-order valence-electron chi connectivity index (χ0n) is 23.1. The van der Waals surface area contributed by atoms with E-state index >= 15 is 0 Å². The van der Waals surface area contributed by atoms with E-state index in [1.807, 2.05) is 18.2 Å². The van der Waals surface area contributed by atoms with Crippen LogP contribution in [0.3, 0.4) is 0 Å². The molecule has 1 N–H and O–H groups in total. The minimum Gasteiger partial charge on any atom is -0.404 e. The second-order valence-corrected chi connectivity index (χ2v) is 17.4. The third-order valence-corrected chi connectivity index (χ3v) is 14.0. The summed E-state index contributed by atoms with van der Waals surface area (Å²) < 4.78 is 15.5. The molecule has 212 valence electrons. The van der Waals surface area contributed by atoms with Crippen molar-refractivity contribution in [3.8, 4) is 0 Å². The number of thioether (sulfide) groups is 1. The van der Waals surface area contributed by atoms with Gasteiger partial charge < -0.3 is 14.5 Å². The number of carbonyl (C=O) groups excluding carboxylic acids is 1. The highest BCUT2D eigenvalue weighted by molar-refractivity contribution is 14.1. The Bertz CT molecular complexity index is 1510. The molecule has 41 heavy (non-hydrogen) atoms. The van der Waals surface area contributed by atoms with E-state index in [4.69, 9.17) is 9.16 Å². The lowest BCUT2D eigenvalue weighted by Crippen LogP contribution is -2.67. The van der Waals surface area contributed by atoms with Crippen LogP contribution >= 0.6 is 34.4 Å². The zero-order valence-corrected chi connectivity index (χ0v) is 27.1. The van der Waals surface area contributed by atoms with Gasteiger partial charge in [-0.05, 0) is 50.1 Å². The van der Waals surface area contributed by atoms with Crippen LogP contribution in [0.2, 0.25) is 5.04 Å². The van der Waals surface area contributed by atoms with E-state index in [9.17, 15) is 9.59 Å². The van der Waals surface area contributed by atoms with Gasteiger partial charge in [0.05, 0.1) is 10.2 Å². The molecule has 1 saturated heterocycles. The van der Waals surface area contributed by atoms with Crippen LogP contribution in [0.1, 0.15) is 37.4 Å². The van der Waals surface area contributed by atoms with E-state index in [0.717, 1.165) is 0 Å². The van der Waals surface area contributed by atoms with Crippen LogP contribution in [-0.2, 0) is 9.16 Å². The standard InChI is InChI=1S/C31H32IN3O4SSi/c1-31(2,3)41(23-15-9-5-10-16-23,24-17-11-6-12-18-24)38-20-27-39-26(21-40-27)35-19-25(32)28(34-30(35)37)33-29(36)22-13-7-4-8-14-22/h4-19,26-27H,20-21H2,1-3H3,(H,33,34,36,37)/t26-,27-/m1/s1. The fourth-order valence-corrected chi connectivity index (χ4v) is 11.4. The molecule has 5 rings (SSSR count). The smallest absolute Gasteiger partial charge is 0.351 e. The van der Waals surface area contributed by atoms with Gasteiger partial charge in [-0.1, -0.05) is 99.6 Å². The van der Waals surface area contributed by atoms with Crippen molar-refractivity contribution in [3.05, 3.63) is 117 Å². The third kappa shape index (κ3) is 6.36. The predicted octanol–water partition coefficient (Wildman–Crippen LogP) is 5.26. The average Bonchev–Trinajstić information content (AvgIpc) is 3.45. The van der Waals surface area contributed by atoms with Gasteiger partial charge in [0.15, 0.2) is 5.82 Å². The molecule has 0 unspecified atom stereocenters. The Labute approximate surface area is 259 Å². The minimum absolute atomic E-state index is 0.143. The number of ether oxygens (including phenoxy) is 1. The first-order chi connectivity index (χ1) is 19.7. The van der Waals surface area contributed by atoms with Gasteiger partial charge in [0, 0.05) is 17.5 Å². The Morgan fingerprint density at radius 2 is 1.59 bits per heavy atom. The molecule has 0 saturated carbocycles. The third-order valence-electron chi connectivity index (χ3n) is 7.07. The van der Waals surface area contributed by atoms with Crippen LogP contribution in [0.25, 0.3) is 0 Å². The van der Waals surface area contributed by atoms with Crippen molar-refractivity contribution in [2.45, 2.75) is 37.5 Å². The van der Waals surface area contributed by atoms with E-state index in [1.165, 1.54) is 14.9 Å². The minimum atomic E-state index is -2.70. The SMILES string of the molecule is CC(C)(C)[Si](OC[C@@H]1O[C@@H](n2cc(I)c(NC(=O)c3ccccc3)nc2=O)CS1)(c1ccccc1)c1ccccc1. The molecule has 3 aromatic carbocycles. The van der Waals surface area contributed by atoms with Crippen molar-refractivity contribution in [3.63, 3.8) is 0 Å². The maximum absolute atomic E-state index is 13.0. The lowest BCUT2D eigenvalue weighted by Gasteiger charge is -2.43. The zero-order chi connectivity index (χ0) is 29.0. The molecular weight excluding hydrogens is 665 g/mol. The van der Waals surface area contributed by atoms with E-state index in [1.54, 1.807) is 42.2 Å². The molecule has 10 heteroatoms. The van der Waals surface area contributed by atoms with Gasteiger partial charge in [-0.25, -0.2) is 4.79 Å². The second-order valence-electron chi connectivity index (χ2n) is 10.8. The van der Waals surface area contributed by atoms with Crippen molar-refractivity contribution < 1.29 is 14.0 Å². The van der Waals surface area contributed by atoms with Crippen molar-refractivity contribution in [1.82, 2.24) is 9.55 Å². The quantitative estimate of drug-likeness (QED) is 0.200. The number of aromatic nitrogens is 2. The molecule has 0 radical (unpaired) electrons. The number of hydrogen-bond donors (Lipinski definition) is 1. The van der Waals surface area contributed by atoms with E-state index in [2.05, 4.69) is 102 Å².